The highest BCUT2D eigenvalue weighted by Crippen LogP contribution is 2.21. The summed E-state index contributed by atoms with van der Waals surface area (Å²) in [7, 11) is 0. The minimum Gasteiger partial charge on any atom is -0.367 e. The molecule has 1 aliphatic heterocycles. The van der Waals surface area contributed by atoms with E-state index in [0.717, 1.165) is 51.1 Å². The van der Waals surface area contributed by atoms with Crippen LogP contribution in [0.4, 0.5) is 4.39 Å². The summed E-state index contributed by atoms with van der Waals surface area (Å²) < 4.78 is 13.1. The molecule has 1 aromatic carbocycles. The molecule has 3 rings (SSSR count). The van der Waals surface area contributed by atoms with E-state index in [1.165, 1.54) is 31.4 Å². The lowest BCUT2D eigenvalue weighted by Crippen LogP contribution is -2.49. The first-order valence-electron chi connectivity index (χ1n) is 9.72. The fourth-order valence-corrected chi connectivity index (χ4v) is 3.87. The zero-order valence-corrected chi connectivity index (χ0v) is 15.6. The van der Waals surface area contributed by atoms with Crippen molar-refractivity contribution in [2.24, 2.45) is 0 Å². The standard InChI is InChI=1S/C21H26FN5/c22-19-8-6-17(7-9-19)16-26-10-12-27(13-11-26)21(18(14-23)15-24)25-20-4-2-1-3-5-20/h6-9,20,25H,1-5,10-13,16H2. The first-order valence-corrected chi connectivity index (χ1v) is 9.72. The number of nitrogens with zero attached hydrogens (tertiary/aromatic N) is 4. The summed E-state index contributed by atoms with van der Waals surface area (Å²) in [6.45, 7) is 4.01. The van der Waals surface area contributed by atoms with Crippen LogP contribution in [0, 0.1) is 28.5 Å². The van der Waals surface area contributed by atoms with Crippen LogP contribution in [0.3, 0.4) is 0 Å². The molecule has 142 valence electrons. The van der Waals surface area contributed by atoms with E-state index < -0.39 is 0 Å². The molecule has 0 bridgehead atoms. The van der Waals surface area contributed by atoms with E-state index in [1.807, 2.05) is 12.1 Å². The number of hydrogen-bond acceptors (Lipinski definition) is 5. The molecule has 1 aromatic rings. The average Bonchev–Trinajstić information content (AvgIpc) is 2.71. The molecule has 0 atom stereocenters. The summed E-state index contributed by atoms with van der Waals surface area (Å²) in [6.07, 6.45) is 5.86. The highest BCUT2D eigenvalue weighted by molar-refractivity contribution is 5.39. The molecular formula is C21H26FN5. The van der Waals surface area contributed by atoms with Gasteiger partial charge >= 0.3 is 0 Å². The second kappa shape index (κ2) is 9.39. The van der Waals surface area contributed by atoms with E-state index in [-0.39, 0.29) is 11.4 Å². The third kappa shape index (κ3) is 5.21. The number of benzene rings is 1. The van der Waals surface area contributed by atoms with Gasteiger partial charge in [-0.05, 0) is 30.5 Å². The van der Waals surface area contributed by atoms with Crippen molar-refractivity contribution in [3.05, 3.63) is 47.0 Å². The minimum atomic E-state index is -0.215. The smallest absolute Gasteiger partial charge is 0.169 e. The van der Waals surface area contributed by atoms with Crippen LogP contribution in [-0.2, 0) is 6.54 Å². The number of nitriles is 2. The maximum atomic E-state index is 13.1. The van der Waals surface area contributed by atoms with Gasteiger partial charge in [-0.25, -0.2) is 4.39 Å². The molecule has 5 nitrogen and oxygen atoms in total. The van der Waals surface area contributed by atoms with Crippen LogP contribution in [0.25, 0.3) is 0 Å². The van der Waals surface area contributed by atoms with Gasteiger partial charge < -0.3 is 10.2 Å². The van der Waals surface area contributed by atoms with Gasteiger partial charge in [0, 0.05) is 38.8 Å². The van der Waals surface area contributed by atoms with Crippen molar-refractivity contribution in [2.45, 2.75) is 44.7 Å². The maximum absolute atomic E-state index is 13.1. The SMILES string of the molecule is N#CC(C#N)=C(NC1CCCCC1)N1CCN(Cc2ccc(F)cc2)CC1. The van der Waals surface area contributed by atoms with Crippen LogP contribution >= 0.6 is 0 Å². The maximum Gasteiger partial charge on any atom is 0.169 e. The van der Waals surface area contributed by atoms with Crippen LogP contribution < -0.4 is 5.32 Å². The Morgan fingerprint density at radius 1 is 1.00 bits per heavy atom. The van der Waals surface area contributed by atoms with Crippen molar-refractivity contribution in [2.75, 3.05) is 26.2 Å². The predicted octanol–water partition coefficient (Wildman–Crippen LogP) is 3.12. The fraction of sp³-hybridized carbons (Fsp3) is 0.524. The summed E-state index contributed by atoms with van der Waals surface area (Å²) in [4.78, 5) is 4.46. The Balaban J connectivity index is 1.62. The quantitative estimate of drug-likeness (QED) is 0.810. The molecule has 1 saturated heterocycles. The van der Waals surface area contributed by atoms with Crippen molar-refractivity contribution >= 4 is 0 Å². The second-order valence-corrected chi connectivity index (χ2v) is 7.32. The van der Waals surface area contributed by atoms with Gasteiger partial charge in [-0.3, -0.25) is 4.90 Å². The summed E-state index contributed by atoms with van der Waals surface area (Å²) in [5.74, 6) is 0.487. The zero-order chi connectivity index (χ0) is 19.1. The van der Waals surface area contributed by atoms with Gasteiger partial charge in [0.05, 0.1) is 0 Å². The Kier molecular flexibility index (Phi) is 6.68. The van der Waals surface area contributed by atoms with Crippen LogP contribution in [0.1, 0.15) is 37.7 Å². The van der Waals surface area contributed by atoms with Gasteiger partial charge in [0.2, 0.25) is 0 Å². The van der Waals surface area contributed by atoms with Gasteiger partial charge in [-0.15, -0.1) is 0 Å². The topological polar surface area (TPSA) is 66.1 Å². The van der Waals surface area contributed by atoms with Crippen LogP contribution in [0.5, 0.6) is 0 Å². The number of allylic oxidation sites excluding steroid dienone is 1. The first-order chi connectivity index (χ1) is 13.2. The second-order valence-electron chi connectivity index (χ2n) is 7.32. The number of piperazine rings is 1. The average molecular weight is 367 g/mol. The lowest BCUT2D eigenvalue weighted by Gasteiger charge is -2.39. The van der Waals surface area contributed by atoms with Crippen molar-refractivity contribution in [3.63, 3.8) is 0 Å². The monoisotopic (exact) mass is 367 g/mol. The van der Waals surface area contributed by atoms with Crippen LogP contribution in [0.15, 0.2) is 35.7 Å². The van der Waals surface area contributed by atoms with Crippen LogP contribution in [-0.4, -0.2) is 42.0 Å². The van der Waals surface area contributed by atoms with Gasteiger partial charge in [0.25, 0.3) is 0 Å². The van der Waals surface area contributed by atoms with Crippen molar-refractivity contribution in [1.82, 2.24) is 15.1 Å². The van der Waals surface area contributed by atoms with Gasteiger partial charge in [-0.2, -0.15) is 10.5 Å². The Labute approximate surface area is 160 Å². The molecule has 0 unspecified atom stereocenters. The molecule has 6 heteroatoms. The first kappa shape index (κ1) is 19.2. The van der Waals surface area contributed by atoms with Gasteiger partial charge in [0.1, 0.15) is 23.8 Å². The molecule has 0 radical (unpaired) electrons. The van der Waals surface area contributed by atoms with E-state index in [1.54, 1.807) is 0 Å². The van der Waals surface area contributed by atoms with Crippen molar-refractivity contribution < 1.29 is 4.39 Å². The third-order valence-electron chi connectivity index (χ3n) is 5.41. The van der Waals surface area contributed by atoms with E-state index in [4.69, 9.17) is 0 Å². The van der Waals surface area contributed by atoms with E-state index in [2.05, 4.69) is 27.3 Å². The molecular weight excluding hydrogens is 341 g/mol. The highest BCUT2D eigenvalue weighted by atomic mass is 19.1. The third-order valence-corrected chi connectivity index (χ3v) is 5.41. The molecule has 1 saturated carbocycles. The number of nitrogens with one attached hydrogen (secondary N) is 1. The zero-order valence-electron chi connectivity index (χ0n) is 15.6. The normalized spacial score (nSPS) is 18.4. The molecule has 0 spiro atoms. The van der Waals surface area contributed by atoms with Crippen molar-refractivity contribution in [1.29, 1.82) is 10.5 Å². The predicted molar refractivity (Wildman–Crippen MR) is 102 cm³/mol. The molecule has 0 amide bonds. The van der Waals surface area contributed by atoms with E-state index >= 15 is 0 Å². The number of halogens is 1. The molecule has 2 aliphatic rings. The molecule has 1 heterocycles. The Bertz CT molecular complexity index is 713. The number of rotatable bonds is 5. The molecule has 2 fully saturated rings. The summed E-state index contributed by atoms with van der Waals surface area (Å²) >= 11 is 0. The van der Waals surface area contributed by atoms with Crippen molar-refractivity contribution in [3.8, 4) is 12.1 Å². The summed E-state index contributed by atoms with van der Waals surface area (Å²) in [6, 6.07) is 11.1. The summed E-state index contributed by atoms with van der Waals surface area (Å²) in [5.41, 5.74) is 1.27. The largest absolute Gasteiger partial charge is 0.367 e. The van der Waals surface area contributed by atoms with E-state index in [0.29, 0.717) is 11.9 Å². The summed E-state index contributed by atoms with van der Waals surface area (Å²) in [5, 5.41) is 22.3. The van der Waals surface area contributed by atoms with Gasteiger partial charge in [-0.1, -0.05) is 31.4 Å². The Hall–Kier alpha value is -2.57. The number of hydrogen-bond donors (Lipinski definition) is 1. The Morgan fingerprint density at radius 2 is 1.63 bits per heavy atom. The van der Waals surface area contributed by atoms with Gasteiger partial charge in [0.15, 0.2) is 5.57 Å². The fourth-order valence-electron chi connectivity index (χ4n) is 3.87. The molecule has 1 aliphatic carbocycles. The lowest BCUT2D eigenvalue weighted by atomic mass is 9.95. The lowest BCUT2D eigenvalue weighted by molar-refractivity contribution is 0.142. The molecule has 0 aromatic heterocycles. The van der Waals surface area contributed by atoms with Crippen LogP contribution in [0.2, 0.25) is 0 Å². The molecule has 27 heavy (non-hydrogen) atoms. The van der Waals surface area contributed by atoms with E-state index in [9.17, 15) is 14.9 Å². The highest BCUT2D eigenvalue weighted by Gasteiger charge is 2.24. The minimum absolute atomic E-state index is 0.174. The molecule has 1 N–H and O–H groups in total. The Morgan fingerprint density at radius 3 is 2.22 bits per heavy atom.